The summed E-state index contributed by atoms with van der Waals surface area (Å²) in [5.74, 6) is 0.439. The molecule has 0 saturated carbocycles. The van der Waals surface area contributed by atoms with Crippen LogP contribution in [0.15, 0.2) is 24.3 Å². The third kappa shape index (κ3) is 3.96. The molecule has 1 heterocycles. The van der Waals surface area contributed by atoms with Crippen LogP contribution in [0.1, 0.15) is 12.0 Å². The van der Waals surface area contributed by atoms with Crippen molar-refractivity contribution in [3.8, 4) is 0 Å². The minimum atomic E-state index is -2.86. The zero-order valence-corrected chi connectivity index (χ0v) is 11.7. The van der Waals surface area contributed by atoms with Gasteiger partial charge in [-0.2, -0.15) is 0 Å². The summed E-state index contributed by atoms with van der Waals surface area (Å²) < 4.78 is 22.7. The van der Waals surface area contributed by atoms with Crippen molar-refractivity contribution in [2.24, 2.45) is 0 Å². The van der Waals surface area contributed by atoms with Crippen LogP contribution in [0.4, 0.5) is 5.69 Å². The van der Waals surface area contributed by atoms with E-state index in [1.165, 1.54) is 0 Å². The highest BCUT2D eigenvalue weighted by atomic mass is 32.2. The predicted molar refractivity (Wildman–Crippen MR) is 74.9 cm³/mol. The molecule has 6 heteroatoms. The van der Waals surface area contributed by atoms with E-state index in [0.717, 1.165) is 11.3 Å². The summed E-state index contributed by atoms with van der Waals surface area (Å²) in [5.41, 5.74) is 1.83. The van der Waals surface area contributed by atoms with Crippen LogP contribution in [-0.2, 0) is 21.1 Å². The Kier molecular flexibility index (Phi) is 4.09. The van der Waals surface area contributed by atoms with Crippen molar-refractivity contribution in [3.63, 3.8) is 0 Å². The Labute approximate surface area is 113 Å². The molecule has 1 aliphatic rings. The predicted octanol–water partition coefficient (Wildman–Crippen LogP) is 0.574. The molecule has 1 aromatic rings. The normalized spacial score (nSPS) is 21.0. The Morgan fingerprint density at radius 3 is 2.53 bits per heavy atom. The molecule has 2 rings (SSSR count). The average Bonchev–Trinajstić information content (AvgIpc) is 2.71. The van der Waals surface area contributed by atoms with E-state index < -0.39 is 9.84 Å². The number of hydrogen-bond donors (Lipinski definition) is 2. The lowest BCUT2D eigenvalue weighted by Crippen LogP contribution is -2.21. The van der Waals surface area contributed by atoms with Gasteiger partial charge in [0.2, 0.25) is 5.91 Å². The maximum Gasteiger partial charge on any atom is 0.224 e. The smallest absolute Gasteiger partial charge is 0.224 e. The van der Waals surface area contributed by atoms with Crippen LogP contribution >= 0.6 is 0 Å². The van der Waals surface area contributed by atoms with Gasteiger partial charge in [-0.3, -0.25) is 4.79 Å². The lowest BCUT2D eigenvalue weighted by molar-refractivity contribution is -0.119. The van der Waals surface area contributed by atoms with E-state index in [9.17, 15) is 13.2 Å². The van der Waals surface area contributed by atoms with Crippen molar-refractivity contribution >= 4 is 21.4 Å². The minimum absolute atomic E-state index is 0.00482. The molecule has 0 radical (unpaired) electrons. The maximum atomic E-state index is 11.4. The van der Waals surface area contributed by atoms with Crippen LogP contribution in [0.3, 0.4) is 0 Å². The van der Waals surface area contributed by atoms with Gasteiger partial charge in [0.15, 0.2) is 9.84 Å². The first-order valence-electron chi connectivity index (χ1n) is 6.25. The van der Waals surface area contributed by atoms with Crippen molar-refractivity contribution < 1.29 is 13.2 Å². The molecular weight excluding hydrogens is 264 g/mol. The summed E-state index contributed by atoms with van der Waals surface area (Å²) in [6.07, 6.45) is 1.01. The van der Waals surface area contributed by atoms with Crippen LogP contribution in [0.25, 0.3) is 0 Å². The van der Waals surface area contributed by atoms with Gasteiger partial charge in [0.1, 0.15) is 0 Å². The van der Waals surface area contributed by atoms with E-state index in [-0.39, 0.29) is 23.5 Å². The highest BCUT2D eigenvalue weighted by molar-refractivity contribution is 7.91. The average molecular weight is 282 g/mol. The second-order valence-electron chi connectivity index (χ2n) is 4.79. The first kappa shape index (κ1) is 13.9. The van der Waals surface area contributed by atoms with E-state index in [1.54, 1.807) is 7.05 Å². The van der Waals surface area contributed by atoms with Gasteiger partial charge in [-0.05, 0) is 24.1 Å². The molecular formula is C13H18N2O3S. The standard InChI is InChI=1S/C13H18N2O3S/c1-14-13(16)8-10-2-4-11(5-3-10)15-12-6-7-19(17,18)9-12/h2-5,12,15H,6-9H2,1H3,(H,14,16). The second-order valence-corrected chi connectivity index (χ2v) is 7.02. The number of carbonyl (C=O) groups excluding carboxylic acids is 1. The summed E-state index contributed by atoms with van der Waals surface area (Å²) in [6.45, 7) is 0. The zero-order valence-electron chi connectivity index (χ0n) is 10.8. The first-order valence-corrected chi connectivity index (χ1v) is 8.07. The Morgan fingerprint density at radius 2 is 2.00 bits per heavy atom. The Morgan fingerprint density at radius 1 is 1.32 bits per heavy atom. The van der Waals surface area contributed by atoms with Crippen molar-refractivity contribution in [1.29, 1.82) is 0 Å². The number of amides is 1. The first-order chi connectivity index (χ1) is 8.98. The maximum absolute atomic E-state index is 11.4. The van der Waals surface area contributed by atoms with Crippen LogP contribution in [-0.4, -0.2) is 38.9 Å². The molecule has 1 aliphatic heterocycles. The lowest BCUT2D eigenvalue weighted by Gasteiger charge is -2.12. The molecule has 104 valence electrons. The monoisotopic (exact) mass is 282 g/mol. The van der Waals surface area contributed by atoms with Crippen molar-refractivity contribution in [1.82, 2.24) is 5.32 Å². The van der Waals surface area contributed by atoms with Crippen LogP contribution < -0.4 is 10.6 Å². The summed E-state index contributed by atoms with van der Waals surface area (Å²) >= 11 is 0. The number of anilines is 1. The highest BCUT2D eigenvalue weighted by Crippen LogP contribution is 2.18. The van der Waals surface area contributed by atoms with Gasteiger partial charge in [-0.15, -0.1) is 0 Å². The molecule has 1 aromatic carbocycles. The SMILES string of the molecule is CNC(=O)Cc1ccc(NC2CCS(=O)(=O)C2)cc1. The fourth-order valence-corrected chi connectivity index (χ4v) is 3.81. The van der Waals surface area contributed by atoms with Gasteiger partial charge in [0, 0.05) is 18.8 Å². The molecule has 1 unspecified atom stereocenters. The lowest BCUT2D eigenvalue weighted by atomic mass is 10.1. The van der Waals surface area contributed by atoms with Crippen LogP contribution in [0.5, 0.6) is 0 Å². The van der Waals surface area contributed by atoms with E-state index in [0.29, 0.717) is 12.8 Å². The quantitative estimate of drug-likeness (QED) is 0.847. The molecule has 0 aromatic heterocycles. The number of likely N-dealkylation sites (N-methyl/N-ethyl adjacent to an activating group) is 1. The van der Waals surface area contributed by atoms with Crippen molar-refractivity contribution in [3.05, 3.63) is 29.8 Å². The molecule has 1 saturated heterocycles. The van der Waals surface area contributed by atoms with Gasteiger partial charge in [-0.25, -0.2) is 8.42 Å². The van der Waals surface area contributed by atoms with Gasteiger partial charge < -0.3 is 10.6 Å². The molecule has 5 nitrogen and oxygen atoms in total. The summed E-state index contributed by atoms with van der Waals surface area (Å²) in [6, 6.07) is 7.50. The summed E-state index contributed by atoms with van der Waals surface area (Å²) in [7, 11) is -1.25. The van der Waals surface area contributed by atoms with E-state index in [1.807, 2.05) is 24.3 Å². The second kappa shape index (κ2) is 5.61. The number of nitrogens with one attached hydrogen (secondary N) is 2. The molecule has 0 bridgehead atoms. The van der Waals surface area contributed by atoms with Crippen molar-refractivity contribution in [2.75, 3.05) is 23.9 Å². The molecule has 0 spiro atoms. The largest absolute Gasteiger partial charge is 0.381 e. The van der Waals surface area contributed by atoms with Gasteiger partial charge in [0.25, 0.3) is 0 Å². The van der Waals surface area contributed by atoms with Crippen molar-refractivity contribution in [2.45, 2.75) is 18.9 Å². The van der Waals surface area contributed by atoms with Crippen LogP contribution in [0.2, 0.25) is 0 Å². The van der Waals surface area contributed by atoms with Crippen LogP contribution in [0, 0.1) is 0 Å². The number of rotatable bonds is 4. The molecule has 1 amide bonds. The van der Waals surface area contributed by atoms with E-state index >= 15 is 0 Å². The fourth-order valence-electron chi connectivity index (χ4n) is 2.14. The number of benzene rings is 1. The third-order valence-corrected chi connectivity index (χ3v) is 4.97. The minimum Gasteiger partial charge on any atom is -0.381 e. The van der Waals surface area contributed by atoms with Gasteiger partial charge in [0.05, 0.1) is 17.9 Å². The highest BCUT2D eigenvalue weighted by Gasteiger charge is 2.27. The third-order valence-electron chi connectivity index (χ3n) is 3.20. The molecule has 19 heavy (non-hydrogen) atoms. The summed E-state index contributed by atoms with van der Waals surface area (Å²) in [5, 5.41) is 5.79. The van der Waals surface area contributed by atoms with Gasteiger partial charge in [-0.1, -0.05) is 12.1 Å². The zero-order chi connectivity index (χ0) is 13.9. The molecule has 0 aliphatic carbocycles. The Bertz CT molecular complexity index is 552. The molecule has 1 atom stereocenters. The Balaban J connectivity index is 1.94. The molecule has 1 fully saturated rings. The number of hydrogen-bond acceptors (Lipinski definition) is 4. The molecule has 2 N–H and O–H groups in total. The Hall–Kier alpha value is -1.56. The topological polar surface area (TPSA) is 75.3 Å². The van der Waals surface area contributed by atoms with Gasteiger partial charge >= 0.3 is 0 Å². The van der Waals surface area contributed by atoms with E-state index in [2.05, 4.69) is 10.6 Å². The number of carbonyl (C=O) groups is 1. The summed E-state index contributed by atoms with van der Waals surface area (Å²) in [4.78, 5) is 11.2. The fraction of sp³-hybridized carbons (Fsp3) is 0.462. The van der Waals surface area contributed by atoms with E-state index in [4.69, 9.17) is 0 Å². The number of sulfone groups is 1.